The Hall–Kier alpha value is -2.23. The van der Waals surface area contributed by atoms with Crippen molar-refractivity contribution in [3.8, 4) is 5.75 Å². The zero-order chi connectivity index (χ0) is 14.5. The van der Waals surface area contributed by atoms with Gasteiger partial charge in [0, 0.05) is 0 Å². The van der Waals surface area contributed by atoms with E-state index in [0.717, 1.165) is 17.1 Å². The predicted octanol–water partition coefficient (Wildman–Crippen LogP) is 3.23. The molecule has 0 bridgehead atoms. The summed E-state index contributed by atoms with van der Waals surface area (Å²) in [6.45, 7) is 4.00. The first-order chi connectivity index (χ1) is 9.60. The molecule has 2 aromatic rings. The largest absolute Gasteiger partial charge is 0.492 e. The van der Waals surface area contributed by atoms with Crippen molar-refractivity contribution in [3.63, 3.8) is 0 Å². The van der Waals surface area contributed by atoms with Crippen LogP contribution in [0.2, 0.25) is 0 Å². The Balaban J connectivity index is 2.11. The van der Waals surface area contributed by atoms with Gasteiger partial charge >= 0.3 is 5.97 Å². The summed E-state index contributed by atoms with van der Waals surface area (Å²) in [5.41, 5.74) is 1.10. The highest BCUT2D eigenvalue weighted by atomic mass is 16.5. The molecule has 1 unspecified atom stereocenters. The second-order valence-electron chi connectivity index (χ2n) is 4.65. The van der Waals surface area contributed by atoms with Crippen LogP contribution in [0.5, 0.6) is 5.75 Å². The Morgan fingerprint density at radius 2 is 2.05 bits per heavy atom. The fourth-order valence-electron chi connectivity index (χ4n) is 1.93. The van der Waals surface area contributed by atoms with Gasteiger partial charge in [-0.05, 0) is 43.7 Å². The molecular weight excluding hydrogens is 256 g/mol. The number of esters is 1. The lowest BCUT2D eigenvalue weighted by Gasteiger charge is -2.14. The quantitative estimate of drug-likeness (QED) is 0.785. The molecule has 0 aliphatic heterocycles. The van der Waals surface area contributed by atoms with Crippen molar-refractivity contribution in [2.24, 2.45) is 0 Å². The molecule has 1 atom stereocenters. The fourth-order valence-corrected chi connectivity index (χ4v) is 1.93. The molecule has 1 aromatic carbocycles. The maximum Gasteiger partial charge on any atom is 0.319 e. The highest BCUT2D eigenvalue weighted by Gasteiger charge is 2.25. The van der Waals surface area contributed by atoms with Crippen LogP contribution < -0.4 is 4.74 Å². The van der Waals surface area contributed by atoms with Gasteiger partial charge in [-0.25, -0.2) is 0 Å². The minimum Gasteiger partial charge on any atom is -0.492 e. The number of benzene rings is 1. The van der Waals surface area contributed by atoms with E-state index in [0.29, 0.717) is 5.76 Å². The van der Waals surface area contributed by atoms with E-state index in [1.165, 1.54) is 7.11 Å². The molecule has 4 heteroatoms. The Kier molecular flexibility index (Phi) is 4.45. The number of rotatable bonds is 5. The molecule has 0 spiro atoms. The van der Waals surface area contributed by atoms with Crippen molar-refractivity contribution in [3.05, 3.63) is 53.5 Å². The van der Waals surface area contributed by atoms with Crippen molar-refractivity contribution in [2.45, 2.75) is 19.8 Å². The van der Waals surface area contributed by atoms with E-state index in [4.69, 9.17) is 13.9 Å². The van der Waals surface area contributed by atoms with Crippen LogP contribution >= 0.6 is 0 Å². The summed E-state index contributed by atoms with van der Waals surface area (Å²) >= 11 is 0. The van der Waals surface area contributed by atoms with Gasteiger partial charge in [0.05, 0.1) is 7.11 Å². The number of aryl methyl sites for hydroxylation is 2. The highest BCUT2D eigenvalue weighted by Crippen LogP contribution is 2.22. The smallest absolute Gasteiger partial charge is 0.319 e. The molecule has 0 saturated heterocycles. The molecule has 4 nitrogen and oxygen atoms in total. The molecule has 0 aliphatic carbocycles. The van der Waals surface area contributed by atoms with Crippen molar-refractivity contribution < 1.29 is 18.7 Å². The van der Waals surface area contributed by atoms with Crippen LogP contribution in [0.15, 0.2) is 40.8 Å². The van der Waals surface area contributed by atoms with Gasteiger partial charge in [-0.15, -0.1) is 0 Å². The van der Waals surface area contributed by atoms with Crippen molar-refractivity contribution in [1.82, 2.24) is 0 Å². The normalized spacial score (nSPS) is 11.9. The van der Waals surface area contributed by atoms with Crippen LogP contribution in [-0.2, 0) is 9.53 Å². The minimum absolute atomic E-state index is 0.184. The van der Waals surface area contributed by atoms with Crippen LogP contribution in [-0.4, -0.2) is 19.7 Å². The van der Waals surface area contributed by atoms with Gasteiger partial charge in [-0.1, -0.05) is 12.1 Å². The summed E-state index contributed by atoms with van der Waals surface area (Å²) < 4.78 is 16.0. The second-order valence-corrected chi connectivity index (χ2v) is 4.65. The lowest BCUT2D eigenvalue weighted by molar-refractivity contribution is -0.143. The number of carbonyl (C=O) groups excluding carboxylic acids is 1. The van der Waals surface area contributed by atoms with Gasteiger partial charge in [-0.3, -0.25) is 4.79 Å². The third-order valence-corrected chi connectivity index (χ3v) is 3.00. The lowest BCUT2D eigenvalue weighted by atomic mass is 10.1. The van der Waals surface area contributed by atoms with Crippen LogP contribution in [0, 0.1) is 13.8 Å². The number of hydrogen-bond donors (Lipinski definition) is 0. The van der Waals surface area contributed by atoms with E-state index < -0.39 is 5.92 Å². The van der Waals surface area contributed by atoms with Crippen LogP contribution in [0.4, 0.5) is 0 Å². The zero-order valence-electron chi connectivity index (χ0n) is 11.9. The van der Waals surface area contributed by atoms with E-state index in [1.54, 1.807) is 6.07 Å². The molecular formula is C16H18O4. The third kappa shape index (κ3) is 3.41. The average molecular weight is 274 g/mol. The number of carbonyl (C=O) groups is 1. The van der Waals surface area contributed by atoms with E-state index in [-0.39, 0.29) is 12.6 Å². The summed E-state index contributed by atoms with van der Waals surface area (Å²) in [4.78, 5) is 11.8. The summed E-state index contributed by atoms with van der Waals surface area (Å²) in [6.07, 6.45) is 0. The Morgan fingerprint density at radius 1 is 1.25 bits per heavy atom. The average Bonchev–Trinajstić information content (AvgIpc) is 2.85. The molecule has 0 N–H and O–H groups in total. The zero-order valence-corrected chi connectivity index (χ0v) is 11.9. The SMILES string of the molecule is COC(=O)C(COc1cccc(C)c1)c1ccc(C)o1. The van der Waals surface area contributed by atoms with Gasteiger partial charge in [0.2, 0.25) is 0 Å². The molecule has 20 heavy (non-hydrogen) atoms. The lowest BCUT2D eigenvalue weighted by Crippen LogP contribution is -2.20. The predicted molar refractivity (Wildman–Crippen MR) is 74.9 cm³/mol. The topological polar surface area (TPSA) is 48.7 Å². The molecule has 2 rings (SSSR count). The van der Waals surface area contributed by atoms with Crippen LogP contribution in [0.25, 0.3) is 0 Å². The van der Waals surface area contributed by atoms with Crippen molar-refractivity contribution >= 4 is 5.97 Å². The first kappa shape index (κ1) is 14.2. The summed E-state index contributed by atoms with van der Waals surface area (Å²) in [7, 11) is 1.36. The minimum atomic E-state index is -0.561. The van der Waals surface area contributed by atoms with Gasteiger partial charge < -0.3 is 13.9 Å². The summed E-state index contributed by atoms with van der Waals surface area (Å²) in [5.74, 6) is 1.11. The van der Waals surface area contributed by atoms with Crippen LogP contribution in [0.3, 0.4) is 0 Å². The molecule has 106 valence electrons. The van der Waals surface area contributed by atoms with E-state index >= 15 is 0 Å². The molecule has 0 amide bonds. The van der Waals surface area contributed by atoms with E-state index in [2.05, 4.69) is 0 Å². The van der Waals surface area contributed by atoms with Crippen LogP contribution in [0.1, 0.15) is 23.0 Å². The molecule has 0 saturated carbocycles. The number of ether oxygens (including phenoxy) is 2. The molecule has 1 heterocycles. The van der Waals surface area contributed by atoms with Crippen molar-refractivity contribution in [2.75, 3.05) is 13.7 Å². The van der Waals surface area contributed by atoms with Gasteiger partial charge in [-0.2, -0.15) is 0 Å². The second kappa shape index (κ2) is 6.28. The van der Waals surface area contributed by atoms with Gasteiger partial charge in [0.1, 0.15) is 29.8 Å². The first-order valence-corrected chi connectivity index (χ1v) is 6.44. The Labute approximate surface area is 118 Å². The Morgan fingerprint density at radius 3 is 2.65 bits per heavy atom. The Bertz CT molecular complexity index is 586. The molecule has 0 aliphatic rings. The number of methoxy groups -OCH3 is 1. The maximum absolute atomic E-state index is 11.8. The fraction of sp³-hybridized carbons (Fsp3) is 0.312. The molecule has 0 fully saturated rings. The highest BCUT2D eigenvalue weighted by molar-refractivity contribution is 5.77. The van der Waals surface area contributed by atoms with Gasteiger partial charge in [0.15, 0.2) is 0 Å². The molecule has 1 aromatic heterocycles. The number of furan rings is 1. The first-order valence-electron chi connectivity index (χ1n) is 6.44. The molecule has 0 radical (unpaired) electrons. The van der Waals surface area contributed by atoms with E-state index in [9.17, 15) is 4.79 Å². The standard InChI is InChI=1S/C16H18O4/c1-11-5-4-6-13(9-11)19-10-14(16(17)18-3)15-8-7-12(2)20-15/h4-9,14H,10H2,1-3H3. The summed E-state index contributed by atoms with van der Waals surface area (Å²) in [6, 6.07) is 11.3. The monoisotopic (exact) mass is 274 g/mol. The third-order valence-electron chi connectivity index (χ3n) is 3.00. The van der Waals surface area contributed by atoms with E-state index in [1.807, 2.05) is 44.2 Å². The number of hydrogen-bond acceptors (Lipinski definition) is 4. The maximum atomic E-state index is 11.8. The van der Waals surface area contributed by atoms with Crippen molar-refractivity contribution in [1.29, 1.82) is 0 Å². The van der Waals surface area contributed by atoms with Gasteiger partial charge in [0.25, 0.3) is 0 Å². The summed E-state index contributed by atoms with van der Waals surface area (Å²) in [5, 5.41) is 0.